The van der Waals surface area contributed by atoms with Gasteiger partial charge in [0.25, 0.3) is 0 Å². The zero-order valence-electron chi connectivity index (χ0n) is 18.4. The Bertz CT molecular complexity index is 572. The number of hydrogen-bond donors (Lipinski definition) is 2. The predicted molar refractivity (Wildman–Crippen MR) is 126 cm³/mol. The van der Waals surface area contributed by atoms with E-state index in [2.05, 4.69) is 27.3 Å². The largest absolute Gasteiger partial charge is 0.469 e. The van der Waals surface area contributed by atoms with Crippen LogP contribution in [0.2, 0.25) is 0 Å². The summed E-state index contributed by atoms with van der Waals surface area (Å²) in [5, 5.41) is 21.3. The molecule has 2 N–H and O–H groups in total. The number of halogens is 1. The van der Waals surface area contributed by atoms with Gasteiger partial charge in [0.1, 0.15) is 5.78 Å². The molecule has 0 saturated heterocycles. The molecule has 2 aliphatic carbocycles. The number of hydrogen-bond acceptors (Lipinski definition) is 5. The van der Waals surface area contributed by atoms with Gasteiger partial charge in [-0.05, 0) is 48.4 Å². The van der Waals surface area contributed by atoms with Crippen molar-refractivity contribution in [3.8, 4) is 0 Å². The first kappa shape index (κ1) is 25.8. The van der Waals surface area contributed by atoms with Gasteiger partial charge in [0.05, 0.1) is 19.3 Å². The second-order valence-electron chi connectivity index (χ2n) is 9.14. The number of Topliss-reactive ketones (excluding diaryl/α,β-unsaturated/α-hetero) is 1. The monoisotopic (exact) mass is 534 g/mol. The van der Waals surface area contributed by atoms with Gasteiger partial charge in [-0.25, -0.2) is 0 Å². The van der Waals surface area contributed by atoms with Crippen LogP contribution >= 0.6 is 22.6 Å². The van der Waals surface area contributed by atoms with Crippen LogP contribution in [0.3, 0.4) is 0 Å². The SMILES string of the molecule is COC(=O)CCCCCC[C@H]1C(=O)C[C@@H](O)[C@@H]1C=C[C@@H](O)C1(CCCCI)CCC1. The van der Waals surface area contributed by atoms with Crippen LogP contribution in [-0.2, 0) is 14.3 Å². The van der Waals surface area contributed by atoms with Gasteiger partial charge in [0, 0.05) is 24.7 Å². The van der Waals surface area contributed by atoms with E-state index in [1.807, 2.05) is 12.2 Å². The molecule has 172 valence electrons. The van der Waals surface area contributed by atoms with E-state index >= 15 is 0 Å². The molecule has 0 aromatic heterocycles. The summed E-state index contributed by atoms with van der Waals surface area (Å²) >= 11 is 2.40. The van der Waals surface area contributed by atoms with Crippen molar-refractivity contribution in [3.63, 3.8) is 0 Å². The van der Waals surface area contributed by atoms with Crippen LogP contribution in [-0.4, -0.2) is 45.7 Å². The second kappa shape index (κ2) is 13.2. The maximum Gasteiger partial charge on any atom is 0.305 e. The molecule has 0 unspecified atom stereocenters. The number of carbonyl (C=O) groups excluding carboxylic acids is 2. The molecular weight excluding hydrogens is 495 g/mol. The fourth-order valence-electron chi connectivity index (χ4n) is 5.02. The normalized spacial score (nSPS) is 26.7. The van der Waals surface area contributed by atoms with Gasteiger partial charge in [0.2, 0.25) is 0 Å². The summed E-state index contributed by atoms with van der Waals surface area (Å²) in [5.41, 5.74) is 0.00497. The minimum atomic E-state index is -0.637. The van der Waals surface area contributed by atoms with Gasteiger partial charge in [-0.15, -0.1) is 0 Å². The number of rotatable bonds is 14. The fourth-order valence-corrected chi connectivity index (χ4v) is 5.55. The van der Waals surface area contributed by atoms with Crippen molar-refractivity contribution < 1.29 is 24.5 Å². The number of aliphatic hydroxyl groups excluding tert-OH is 2. The van der Waals surface area contributed by atoms with E-state index in [0.29, 0.717) is 6.42 Å². The summed E-state index contributed by atoms with van der Waals surface area (Å²) in [5.74, 6) is -0.373. The molecule has 0 spiro atoms. The van der Waals surface area contributed by atoms with Gasteiger partial charge in [-0.1, -0.05) is 66.8 Å². The van der Waals surface area contributed by atoms with Gasteiger partial charge < -0.3 is 14.9 Å². The summed E-state index contributed by atoms with van der Waals surface area (Å²) in [6.07, 6.45) is 14.5. The van der Waals surface area contributed by atoms with Crippen LogP contribution < -0.4 is 0 Å². The topological polar surface area (TPSA) is 83.8 Å². The molecule has 0 aliphatic heterocycles. The Morgan fingerprint density at radius 2 is 1.97 bits per heavy atom. The molecule has 2 rings (SSSR count). The highest BCUT2D eigenvalue weighted by atomic mass is 127. The van der Waals surface area contributed by atoms with Crippen molar-refractivity contribution in [1.82, 2.24) is 0 Å². The summed E-state index contributed by atoms with van der Waals surface area (Å²) in [4.78, 5) is 23.6. The van der Waals surface area contributed by atoms with Crippen LogP contribution in [0.5, 0.6) is 0 Å². The van der Waals surface area contributed by atoms with Crippen LogP contribution in [0.25, 0.3) is 0 Å². The number of carbonyl (C=O) groups is 2. The first-order chi connectivity index (χ1) is 14.4. The lowest BCUT2D eigenvalue weighted by molar-refractivity contribution is -0.140. The van der Waals surface area contributed by atoms with Crippen molar-refractivity contribution in [2.75, 3.05) is 11.5 Å². The van der Waals surface area contributed by atoms with E-state index in [0.717, 1.165) is 62.2 Å². The summed E-state index contributed by atoms with van der Waals surface area (Å²) in [7, 11) is 1.40. The Balaban J connectivity index is 1.83. The maximum absolute atomic E-state index is 12.4. The first-order valence-corrected chi connectivity index (χ1v) is 13.2. The third kappa shape index (κ3) is 7.30. The van der Waals surface area contributed by atoms with Gasteiger partial charge in [-0.3, -0.25) is 9.59 Å². The van der Waals surface area contributed by atoms with Crippen molar-refractivity contribution in [1.29, 1.82) is 0 Å². The molecule has 2 saturated carbocycles. The van der Waals surface area contributed by atoms with E-state index in [9.17, 15) is 19.8 Å². The summed E-state index contributed by atoms with van der Waals surface area (Å²) in [6.45, 7) is 0. The summed E-state index contributed by atoms with van der Waals surface area (Å²) < 4.78 is 5.80. The average Bonchev–Trinajstić information content (AvgIpc) is 2.96. The van der Waals surface area contributed by atoms with Gasteiger partial charge >= 0.3 is 5.97 Å². The molecule has 5 nitrogen and oxygen atoms in total. The molecule has 6 heteroatoms. The van der Waals surface area contributed by atoms with Crippen molar-refractivity contribution in [2.45, 2.75) is 95.7 Å². The van der Waals surface area contributed by atoms with E-state index in [1.54, 1.807) is 0 Å². The molecule has 0 radical (unpaired) electrons. The predicted octanol–water partition coefficient (Wildman–Crippen LogP) is 4.76. The lowest BCUT2D eigenvalue weighted by Crippen LogP contribution is -2.40. The highest BCUT2D eigenvalue weighted by Crippen LogP contribution is 2.48. The summed E-state index contributed by atoms with van der Waals surface area (Å²) in [6, 6.07) is 0. The zero-order valence-corrected chi connectivity index (χ0v) is 20.5. The van der Waals surface area contributed by atoms with Crippen LogP contribution in [0.1, 0.15) is 83.5 Å². The molecule has 30 heavy (non-hydrogen) atoms. The molecule has 0 bridgehead atoms. The highest BCUT2D eigenvalue weighted by molar-refractivity contribution is 14.1. The molecule has 0 aromatic carbocycles. The minimum absolute atomic E-state index is 0.00497. The van der Waals surface area contributed by atoms with Crippen LogP contribution in [0.15, 0.2) is 12.2 Å². The molecule has 0 heterocycles. The fraction of sp³-hybridized carbons (Fsp3) is 0.833. The number of ketones is 1. The standard InChI is InChI=1S/C24H39IO5/c1-30-23(29)10-5-3-2-4-9-18-19(21(27)17-20(18)26)11-12-22(28)24(14-8-15-24)13-6-7-16-25/h11-12,18-19,21-22,27-28H,2-10,13-17H2,1H3/t18-,19-,21-,22-/m1/s1. The first-order valence-electron chi connectivity index (χ1n) is 11.6. The lowest BCUT2D eigenvalue weighted by Gasteiger charge is -2.45. The Labute approximate surface area is 195 Å². The second-order valence-corrected chi connectivity index (χ2v) is 10.2. The van der Waals surface area contributed by atoms with E-state index in [4.69, 9.17) is 0 Å². The highest BCUT2D eigenvalue weighted by Gasteiger charge is 2.43. The Hall–Kier alpha value is -0.470. The Kier molecular flexibility index (Phi) is 11.3. The van der Waals surface area contributed by atoms with Crippen molar-refractivity contribution >= 4 is 34.3 Å². The molecule has 0 amide bonds. The van der Waals surface area contributed by atoms with Gasteiger partial charge in [0.15, 0.2) is 0 Å². The Morgan fingerprint density at radius 1 is 1.23 bits per heavy atom. The maximum atomic E-state index is 12.4. The van der Waals surface area contributed by atoms with E-state index in [-0.39, 0.29) is 35.4 Å². The van der Waals surface area contributed by atoms with Crippen molar-refractivity contribution in [2.24, 2.45) is 17.3 Å². The molecule has 0 aromatic rings. The number of methoxy groups -OCH3 is 1. The third-order valence-corrected chi connectivity index (χ3v) is 7.92. The van der Waals surface area contributed by atoms with Crippen molar-refractivity contribution in [3.05, 3.63) is 12.2 Å². The average molecular weight is 534 g/mol. The number of esters is 1. The molecular formula is C24H39IO5. The van der Waals surface area contributed by atoms with E-state index in [1.165, 1.54) is 20.0 Å². The number of unbranched alkanes of at least 4 members (excludes halogenated alkanes) is 4. The van der Waals surface area contributed by atoms with Crippen LogP contribution in [0, 0.1) is 17.3 Å². The molecule has 2 fully saturated rings. The van der Waals surface area contributed by atoms with E-state index < -0.39 is 12.2 Å². The molecule has 2 aliphatic rings. The minimum Gasteiger partial charge on any atom is -0.469 e. The quantitative estimate of drug-likeness (QED) is 0.110. The number of ether oxygens (including phenoxy) is 1. The number of alkyl halides is 1. The third-order valence-electron chi connectivity index (χ3n) is 7.16. The molecule has 4 atom stereocenters. The van der Waals surface area contributed by atoms with Gasteiger partial charge in [-0.2, -0.15) is 0 Å². The Morgan fingerprint density at radius 3 is 2.60 bits per heavy atom. The smallest absolute Gasteiger partial charge is 0.305 e. The van der Waals surface area contributed by atoms with Crippen LogP contribution in [0.4, 0.5) is 0 Å². The number of aliphatic hydroxyl groups is 2. The lowest BCUT2D eigenvalue weighted by atomic mass is 9.62. The zero-order chi connectivity index (χ0) is 22.0.